The fraction of sp³-hybridized carbons (Fsp3) is 0.333. The van der Waals surface area contributed by atoms with Crippen molar-refractivity contribution in [2.45, 2.75) is 31.7 Å². The molecule has 2 aromatic rings. The van der Waals surface area contributed by atoms with Crippen LogP contribution in [0.25, 0.3) is 0 Å². The second-order valence-electron chi connectivity index (χ2n) is 5.22. The Hall–Kier alpha value is -0.680. The van der Waals surface area contributed by atoms with Gasteiger partial charge in [0.2, 0.25) is 0 Å². The van der Waals surface area contributed by atoms with Crippen LogP contribution in [0.3, 0.4) is 0 Å². The van der Waals surface area contributed by atoms with Crippen molar-refractivity contribution in [3.05, 3.63) is 56.7 Å². The van der Waals surface area contributed by atoms with Gasteiger partial charge in [0.15, 0.2) is 0 Å². The van der Waals surface area contributed by atoms with E-state index in [1.54, 1.807) is 11.3 Å². The maximum Gasteiger partial charge on any atom is 0.0701 e. The SMILES string of the molecule is CC(C)(c1ccccc1)C(Cc1ccc(Br)s1)NN. The molecule has 0 aliphatic heterocycles. The first-order valence-electron chi connectivity index (χ1n) is 6.30. The summed E-state index contributed by atoms with van der Waals surface area (Å²) < 4.78 is 1.16. The van der Waals surface area contributed by atoms with Crippen molar-refractivity contribution in [2.75, 3.05) is 0 Å². The van der Waals surface area contributed by atoms with E-state index in [0.717, 1.165) is 10.2 Å². The average molecular weight is 339 g/mol. The number of rotatable bonds is 5. The summed E-state index contributed by atoms with van der Waals surface area (Å²) >= 11 is 5.27. The van der Waals surface area contributed by atoms with Crippen molar-refractivity contribution in [3.8, 4) is 0 Å². The molecule has 0 spiro atoms. The van der Waals surface area contributed by atoms with Crippen LogP contribution >= 0.6 is 27.3 Å². The second-order valence-corrected chi connectivity index (χ2v) is 7.76. The largest absolute Gasteiger partial charge is 0.271 e. The van der Waals surface area contributed by atoms with E-state index in [4.69, 9.17) is 5.84 Å². The molecule has 0 saturated carbocycles. The maximum absolute atomic E-state index is 5.79. The highest BCUT2D eigenvalue weighted by atomic mass is 79.9. The molecule has 2 nitrogen and oxygen atoms in total. The number of thiophene rings is 1. The van der Waals surface area contributed by atoms with Gasteiger partial charge in [-0.1, -0.05) is 44.2 Å². The lowest BCUT2D eigenvalue weighted by atomic mass is 9.76. The van der Waals surface area contributed by atoms with Crippen LogP contribution in [0, 0.1) is 0 Å². The fourth-order valence-electron chi connectivity index (χ4n) is 2.25. The third-order valence-corrected chi connectivity index (χ3v) is 5.27. The molecule has 0 radical (unpaired) electrons. The third kappa shape index (κ3) is 3.45. The summed E-state index contributed by atoms with van der Waals surface area (Å²) in [5.74, 6) is 5.79. The Morgan fingerprint density at radius 1 is 1.21 bits per heavy atom. The molecule has 2 rings (SSSR count). The molecule has 1 unspecified atom stereocenters. The van der Waals surface area contributed by atoms with E-state index in [0.29, 0.717) is 0 Å². The number of halogens is 1. The molecule has 1 atom stereocenters. The molecule has 4 heteroatoms. The van der Waals surface area contributed by atoms with E-state index >= 15 is 0 Å². The van der Waals surface area contributed by atoms with Gasteiger partial charge in [0.1, 0.15) is 0 Å². The summed E-state index contributed by atoms with van der Waals surface area (Å²) in [5.41, 5.74) is 4.27. The molecule has 0 bridgehead atoms. The third-order valence-electron chi connectivity index (χ3n) is 3.62. The van der Waals surface area contributed by atoms with Crippen molar-refractivity contribution in [1.82, 2.24) is 5.43 Å². The van der Waals surface area contributed by atoms with Crippen LogP contribution in [-0.2, 0) is 11.8 Å². The number of hydrogen-bond acceptors (Lipinski definition) is 3. The van der Waals surface area contributed by atoms with Crippen LogP contribution < -0.4 is 11.3 Å². The lowest BCUT2D eigenvalue weighted by molar-refractivity contribution is 0.343. The molecule has 0 amide bonds. The van der Waals surface area contributed by atoms with Gasteiger partial charge < -0.3 is 0 Å². The molecule has 1 aromatic carbocycles. The Morgan fingerprint density at radius 3 is 2.42 bits per heavy atom. The molecule has 1 heterocycles. The molecule has 0 aliphatic rings. The second kappa shape index (κ2) is 6.18. The van der Waals surface area contributed by atoms with Crippen molar-refractivity contribution in [1.29, 1.82) is 0 Å². The molecule has 0 fully saturated rings. The van der Waals surface area contributed by atoms with Gasteiger partial charge in [0, 0.05) is 16.3 Å². The molecule has 1 aromatic heterocycles. The van der Waals surface area contributed by atoms with Crippen LogP contribution in [0.4, 0.5) is 0 Å². The molecule has 3 N–H and O–H groups in total. The lowest BCUT2D eigenvalue weighted by Gasteiger charge is -2.34. The zero-order chi connectivity index (χ0) is 13.9. The van der Waals surface area contributed by atoms with Gasteiger partial charge in [-0.15, -0.1) is 11.3 Å². The Kier molecular flexibility index (Phi) is 4.79. The van der Waals surface area contributed by atoms with Gasteiger partial charge in [-0.2, -0.15) is 0 Å². The summed E-state index contributed by atoms with van der Waals surface area (Å²) in [6.07, 6.45) is 0.925. The molecule has 102 valence electrons. The number of hydrogen-bond donors (Lipinski definition) is 2. The summed E-state index contributed by atoms with van der Waals surface area (Å²) in [5, 5.41) is 0. The van der Waals surface area contributed by atoms with E-state index in [9.17, 15) is 0 Å². The molecule has 0 saturated heterocycles. The standard InChI is InChI=1S/C15H19BrN2S/c1-15(2,11-6-4-3-5-7-11)13(18-17)10-12-8-9-14(16)19-12/h3-9,13,18H,10,17H2,1-2H3. The number of nitrogens with one attached hydrogen (secondary N) is 1. The Morgan fingerprint density at radius 2 is 1.89 bits per heavy atom. The average Bonchev–Trinajstić information content (AvgIpc) is 2.82. The zero-order valence-corrected chi connectivity index (χ0v) is 13.6. The van der Waals surface area contributed by atoms with Crippen LogP contribution in [0.2, 0.25) is 0 Å². The van der Waals surface area contributed by atoms with Crippen LogP contribution in [0.5, 0.6) is 0 Å². The molecule has 19 heavy (non-hydrogen) atoms. The van der Waals surface area contributed by atoms with E-state index in [2.05, 4.69) is 71.6 Å². The predicted octanol–water partition coefficient (Wildman–Crippen LogP) is 3.86. The van der Waals surface area contributed by atoms with Crippen LogP contribution in [0.15, 0.2) is 46.3 Å². The minimum Gasteiger partial charge on any atom is -0.271 e. The van der Waals surface area contributed by atoms with Gasteiger partial charge in [-0.05, 0) is 40.0 Å². The molecular formula is C15H19BrN2S. The highest BCUT2D eigenvalue weighted by Gasteiger charge is 2.30. The smallest absolute Gasteiger partial charge is 0.0701 e. The van der Waals surface area contributed by atoms with Crippen molar-refractivity contribution < 1.29 is 0 Å². The summed E-state index contributed by atoms with van der Waals surface area (Å²) in [6, 6.07) is 15.0. The topological polar surface area (TPSA) is 38.0 Å². The normalized spacial score (nSPS) is 13.5. The van der Waals surface area contributed by atoms with Gasteiger partial charge in [0.25, 0.3) is 0 Å². The summed E-state index contributed by atoms with van der Waals surface area (Å²) in [6.45, 7) is 4.46. The van der Waals surface area contributed by atoms with Crippen molar-refractivity contribution >= 4 is 27.3 Å². The minimum absolute atomic E-state index is 0.0214. The van der Waals surface area contributed by atoms with E-state index < -0.39 is 0 Å². The first-order chi connectivity index (χ1) is 9.04. The van der Waals surface area contributed by atoms with Gasteiger partial charge in [-0.3, -0.25) is 11.3 Å². The Bertz CT molecular complexity index is 522. The lowest BCUT2D eigenvalue weighted by Crippen LogP contribution is -2.49. The maximum atomic E-state index is 5.79. The highest BCUT2D eigenvalue weighted by Crippen LogP contribution is 2.31. The van der Waals surface area contributed by atoms with Crippen LogP contribution in [0.1, 0.15) is 24.3 Å². The number of benzene rings is 1. The number of nitrogens with two attached hydrogens (primary N) is 1. The van der Waals surface area contributed by atoms with Gasteiger partial charge >= 0.3 is 0 Å². The monoisotopic (exact) mass is 338 g/mol. The molecule has 0 aliphatic carbocycles. The van der Waals surface area contributed by atoms with E-state index in [1.807, 2.05) is 6.07 Å². The zero-order valence-electron chi connectivity index (χ0n) is 11.2. The highest BCUT2D eigenvalue weighted by molar-refractivity contribution is 9.11. The van der Waals surface area contributed by atoms with Gasteiger partial charge in [0.05, 0.1) is 3.79 Å². The summed E-state index contributed by atoms with van der Waals surface area (Å²) in [4.78, 5) is 1.33. The van der Waals surface area contributed by atoms with E-state index in [-0.39, 0.29) is 11.5 Å². The van der Waals surface area contributed by atoms with E-state index in [1.165, 1.54) is 10.4 Å². The quantitative estimate of drug-likeness (QED) is 0.641. The Labute approximate surface area is 127 Å². The number of hydrazine groups is 1. The van der Waals surface area contributed by atoms with Gasteiger partial charge in [-0.25, -0.2) is 0 Å². The summed E-state index contributed by atoms with van der Waals surface area (Å²) in [7, 11) is 0. The molecular weight excluding hydrogens is 320 g/mol. The Balaban J connectivity index is 2.21. The van der Waals surface area contributed by atoms with Crippen molar-refractivity contribution in [3.63, 3.8) is 0 Å². The first-order valence-corrected chi connectivity index (χ1v) is 7.91. The van der Waals surface area contributed by atoms with Crippen LogP contribution in [-0.4, -0.2) is 6.04 Å². The fourth-order valence-corrected chi connectivity index (χ4v) is 3.78. The van der Waals surface area contributed by atoms with Crippen molar-refractivity contribution in [2.24, 2.45) is 5.84 Å². The first kappa shape index (κ1) is 14.7. The predicted molar refractivity (Wildman–Crippen MR) is 86.3 cm³/mol. The minimum atomic E-state index is -0.0214.